The Labute approximate surface area is 164 Å². The topological polar surface area (TPSA) is 9.23 Å². The fourth-order valence-corrected chi connectivity index (χ4v) is 4.80. The molecule has 3 heteroatoms. The van der Waals surface area contributed by atoms with Crippen molar-refractivity contribution < 1.29 is 9.13 Å². The highest BCUT2D eigenvalue weighted by atomic mass is 32.1. The van der Waals surface area contributed by atoms with Crippen LogP contribution >= 0.6 is 11.3 Å². The molecular weight excluding hydrogens is 355 g/mol. The van der Waals surface area contributed by atoms with Crippen molar-refractivity contribution >= 4 is 11.3 Å². The highest BCUT2D eigenvalue weighted by Gasteiger charge is 2.21. The standard InChI is InChI=1S/C24H25FOS/c1-16-6-7-19(23-5-3-4-17(2)26-23)14-20(16)15-22-12-13-24(27-22)18-8-10-21(25)11-9-18/h6-14,17,23H,3-5,15H2,1-2H3. The lowest BCUT2D eigenvalue weighted by atomic mass is 9.94. The van der Waals surface area contributed by atoms with Crippen LogP contribution in [0.15, 0.2) is 54.6 Å². The lowest BCUT2D eigenvalue weighted by molar-refractivity contribution is -0.0414. The minimum Gasteiger partial charge on any atom is -0.371 e. The number of halogens is 1. The first-order chi connectivity index (χ1) is 13.1. The Morgan fingerprint density at radius 3 is 2.63 bits per heavy atom. The highest BCUT2D eigenvalue weighted by molar-refractivity contribution is 7.15. The average Bonchev–Trinajstić information content (AvgIpc) is 3.13. The molecule has 0 spiro atoms. The minimum atomic E-state index is -0.192. The SMILES string of the molecule is Cc1ccc(C2CCCC(C)O2)cc1Cc1ccc(-c2ccc(F)cc2)s1. The molecule has 0 amide bonds. The van der Waals surface area contributed by atoms with Crippen LogP contribution in [-0.4, -0.2) is 6.10 Å². The molecule has 1 nitrogen and oxygen atoms in total. The molecule has 2 unspecified atom stereocenters. The summed E-state index contributed by atoms with van der Waals surface area (Å²) in [6.07, 6.45) is 5.02. The van der Waals surface area contributed by atoms with E-state index >= 15 is 0 Å². The highest BCUT2D eigenvalue weighted by Crippen LogP contribution is 2.34. The van der Waals surface area contributed by atoms with Gasteiger partial charge in [-0.2, -0.15) is 0 Å². The van der Waals surface area contributed by atoms with E-state index in [1.54, 1.807) is 11.3 Å². The largest absolute Gasteiger partial charge is 0.371 e. The molecule has 1 aromatic heterocycles. The number of benzene rings is 2. The molecule has 1 saturated heterocycles. The predicted molar refractivity (Wildman–Crippen MR) is 111 cm³/mol. The third-order valence-electron chi connectivity index (χ3n) is 5.37. The molecule has 4 rings (SSSR count). The fraction of sp³-hybridized carbons (Fsp3) is 0.333. The number of aryl methyl sites for hydroxylation is 1. The molecule has 1 aliphatic heterocycles. The summed E-state index contributed by atoms with van der Waals surface area (Å²) in [5.41, 5.74) is 5.06. The molecule has 0 radical (unpaired) electrons. The van der Waals surface area contributed by atoms with Gasteiger partial charge in [-0.1, -0.05) is 30.3 Å². The maximum Gasteiger partial charge on any atom is 0.123 e. The summed E-state index contributed by atoms with van der Waals surface area (Å²) in [4.78, 5) is 2.51. The third kappa shape index (κ3) is 4.31. The molecule has 3 aromatic rings. The van der Waals surface area contributed by atoms with Gasteiger partial charge >= 0.3 is 0 Å². The van der Waals surface area contributed by atoms with Crippen LogP contribution in [0.3, 0.4) is 0 Å². The van der Waals surface area contributed by atoms with E-state index in [1.165, 1.54) is 45.0 Å². The van der Waals surface area contributed by atoms with Crippen molar-refractivity contribution in [2.75, 3.05) is 0 Å². The van der Waals surface area contributed by atoms with E-state index in [9.17, 15) is 4.39 Å². The monoisotopic (exact) mass is 380 g/mol. The zero-order valence-electron chi connectivity index (χ0n) is 15.9. The molecule has 140 valence electrons. The fourth-order valence-electron chi connectivity index (χ4n) is 3.76. The normalized spacial score (nSPS) is 20.0. The molecule has 2 heterocycles. The number of hydrogen-bond donors (Lipinski definition) is 0. The van der Waals surface area contributed by atoms with Crippen molar-refractivity contribution in [1.82, 2.24) is 0 Å². The van der Waals surface area contributed by atoms with Crippen LogP contribution in [0.5, 0.6) is 0 Å². The van der Waals surface area contributed by atoms with Crippen molar-refractivity contribution in [3.8, 4) is 10.4 Å². The molecule has 27 heavy (non-hydrogen) atoms. The van der Waals surface area contributed by atoms with E-state index in [0.717, 1.165) is 24.8 Å². The molecule has 2 aromatic carbocycles. The maximum absolute atomic E-state index is 13.1. The van der Waals surface area contributed by atoms with Crippen LogP contribution in [-0.2, 0) is 11.2 Å². The summed E-state index contributed by atoms with van der Waals surface area (Å²) in [5.74, 6) is -0.192. The van der Waals surface area contributed by atoms with E-state index in [1.807, 2.05) is 12.1 Å². The Morgan fingerprint density at radius 1 is 1.04 bits per heavy atom. The van der Waals surface area contributed by atoms with Gasteiger partial charge in [0.05, 0.1) is 12.2 Å². The summed E-state index contributed by atoms with van der Waals surface area (Å²) in [6, 6.07) is 17.8. The quantitative estimate of drug-likeness (QED) is 0.470. The summed E-state index contributed by atoms with van der Waals surface area (Å²) >= 11 is 1.78. The summed E-state index contributed by atoms with van der Waals surface area (Å²) < 4.78 is 19.3. The van der Waals surface area contributed by atoms with Gasteiger partial charge in [0.2, 0.25) is 0 Å². The van der Waals surface area contributed by atoms with Crippen LogP contribution in [0, 0.1) is 12.7 Å². The molecule has 0 bridgehead atoms. The second kappa shape index (κ2) is 7.95. The number of thiophene rings is 1. The zero-order chi connectivity index (χ0) is 18.8. The van der Waals surface area contributed by atoms with E-state index in [4.69, 9.17) is 4.74 Å². The van der Waals surface area contributed by atoms with Crippen molar-refractivity contribution in [3.63, 3.8) is 0 Å². The Balaban J connectivity index is 1.54. The van der Waals surface area contributed by atoms with Crippen molar-refractivity contribution in [2.24, 2.45) is 0 Å². The van der Waals surface area contributed by atoms with Crippen LogP contribution < -0.4 is 0 Å². The summed E-state index contributed by atoms with van der Waals surface area (Å²) in [7, 11) is 0. The molecule has 2 atom stereocenters. The van der Waals surface area contributed by atoms with Crippen LogP contribution in [0.4, 0.5) is 4.39 Å². The molecule has 0 aliphatic carbocycles. The van der Waals surface area contributed by atoms with E-state index < -0.39 is 0 Å². The second-order valence-electron chi connectivity index (χ2n) is 7.50. The van der Waals surface area contributed by atoms with Gasteiger partial charge in [0.15, 0.2) is 0 Å². The molecule has 1 fully saturated rings. The van der Waals surface area contributed by atoms with Crippen LogP contribution in [0.1, 0.15) is 53.9 Å². The summed E-state index contributed by atoms with van der Waals surface area (Å²) in [5, 5.41) is 0. The Hall–Kier alpha value is -1.97. The van der Waals surface area contributed by atoms with Gasteiger partial charge in [0.25, 0.3) is 0 Å². The van der Waals surface area contributed by atoms with Gasteiger partial charge < -0.3 is 4.74 Å². The predicted octanol–water partition coefficient (Wildman–Crippen LogP) is 7.08. The molecule has 0 N–H and O–H groups in total. The number of rotatable bonds is 4. The van der Waals surface area contributed by atoms with Crippen molar-refractivity contribution in [2.45, 2.75) is 51.7 Å². The first kappa shape index (κ1) is 18.4. The van der Waals surface area contributed by atoms with Crippen LogP contribution in [0.25, 0.3) is 10.4 Å². The molecule has 0 saturated carbocycles. The number of ether oxygens (including phenoxy) is 1. The third-order valence-corrected chi connectivity index (χ3v) is 6.51. The first-order valence-electron chi connectivity index (χ1n) is 9.68. The second-order valence-corrected chi connectivity index (χ2v) is 8.67. The Bertz CT molecular complexity index is 912. The van der Waals surface area contributed by atoms with E-state index in [-0.39, 0.29) is 11.9 Å². The smallest absolute Gasteiger partial charge is 0.123 e. The van der Waals surface area contributed by atoms with Gasteiger partial charge in [-0.15, -0.1) is 11.3 Å². The van der Waals surface area contributed by atoms with Gasteiger partial charge in [-0.3, -0.25) is 0 Å². The van der Waals surface area contributed by atoms with Crippen molar-refractivity contribution in [1.29, 1.82) is 0 Å². The van der Waals surface area contributed by atoms with Gasteiger partial charge in [0.1, 0.15) is 5.82 Å². The molecular formula is C24H25FOS. The van der Waals surface area contributed by atoms with Gasteiger partial charge in [-0.05, 0) is 79.6 Å². The first-order valence-corrected chi connectivity index (χ1v) is 10.5. The number of hydrogen-bond acceptors (Lipinski definition) is 2. The zero-order valence-corrected chi connectivity index (χ0v) is 16.7. The molecule has 1 aliphatic rings. The van der Waals surface area contributed by atoms with Crippen molar-refractivity contribution in [3.05, 3.63) is 82.0 Å². The maximum atomic E-state index is 13.1. The average molecular weight is 381 g/mol. The summed E-state index contributed by atoms with van der Waals surface area (Å²) in [6.45, 7) is 4.35. The van der Waals surface area contributed by atoms with Gasteiger partial charge in [0, 0.05) is 16.2 Å². The van der Waals surface area contributed by atoms with Gasteiger partial charge in [-0.25, -0.2) is 4.39 Å². The van der Waals surface area contributed by atoms with Crippen LogP contribution in [0.2, 0.25) is 0 Å². The minimum absolute atomic E-state index is 0.192. The lowest BCUT2D eigenvalue weighted by Crippen LogP contribution is -2.19. The van der Waals surface area contributed by atoms with E-state index in [0.29, 0.717) is 6.10 Å². The van der Waals surface area contributed by atoms with E-state index in [2.05, 4.69) is 44.2 Å². The lowest BCUT2D eigenvalue weighted by Gasteiger charge is -2.28. The Kier molecular flexibility index (Phi) is 5.42. The Morgan fingerprint density at radius 2 is 1.85 bits per heavy atom.